The summed E-state index contributed by atoms with van der Waals surface area (Å²) in [5.41, 5.74) is 2.22. The molecule has 2 aromatic rings. The molecule has 2 amide bonds. The topological polar surface area (TPSA) is 168 Å². The zero-order valence-corrected chi connectivity index (χ0v) is 26.2. The Morgan fingerprint density at radius 2 is 1.59 bits per heavy atom. The minimum atomic E-state index is -1.47. The van der Waals surface area contributed by atoms with Crippen molar-refractivity contribution in [3.05, 3.63) is 59.7 Å². The van der Waals surface area contributed by atoms with Crippen molar-refractivity contribution in [1.82, 2.24) is 5.32 Å². The van der Waals surface area contributed by atoms with E-state index in [4.69, 9.17) is 28.5 Å². The molecule has 2 aliphatic heterocycles. The predicted octanol–water partition coefficient (Wildman–Crippen LogP) is 2.19. The van der Waals surface area contributed by atoms with Crippen LogP contribution in [0.25, 0.3) is 0 Å². The second-order valence-electron chi connectivity index (χ2n) is 10.8. The largest absolute Gasteiger partial charge is 0.494 e. The molecule has 4 rings (SSSR count). The molecule has 14 nitrogen and oxygen atoms in total. The van der Waals surface area contributed by atoms with E-state index in [1.165, 1.54) is 13.8 Å². The average Bonchev–Trinajstić information content (AvgIpc) is 3.26. The number of aryl methyl sites for hydroxylation is 1. The molecule has 1 saturated heterocycles. The van der Waals surface area contributed by atoms with Gasteiger partial charge in [0.1, 0.15) is 24.5 Å². The van der Waals surface area contributed by atoms with Crippen molar-refractivity contribution in [3.63, 3.8) is 0 Å². The van der Waals surface area contributed by atoms with Crippen molar-refractivity contribution in [1.29, 1.82) is 0 Å². The number of fused-ring (bicyclic) bond motifs is 1. The van der Waals surface area contributed by atoms with Gasteiger partial charge in [0.2, 0.25) is 5.91 Å². The fourth-order valence-electron chi connectivity index (χ4n) is 5.10. The van der Waals surface area contributed by atoms with Crippen molar-refractivity contribution in [2.75, 3.05) is 24.7 Å². The number of carbonyl (C=O) groups is 5. The van der Waals surface area contributed by atoms with Crippen LogP contribution in [-0.4, -0.2) is 85.8 Å². The number of oxime groups is 1. The SMILES string of the molecule is CC(=O)N[C@H]1[C@H](ON=C2C(=O)N(CCCOc3ccc(C)cc3)c3ccccc32)O[C@H](COC(C)=O)[C@@H](OC(C)=O)[C@@H]1OC(C)=O. The van der Waals surface area contributed by atoms with Crippen LogP contribution in [0.5, 0.6) is 5.75 Å². The Morgan fingerprint density at radius 1 is 0.913 bits per heavy atom. The van der Waals surface area contributed by atoms with Crippen LogP contribution >= 0.6 is 0 Å². The number of hydrogen-bond acceptors (Lipinski definition) is 12. The highest BCUT2D eigenvalue weighted by molar-refractivity contribution is 6.54. The summed E-state index contributed by atoms with van der Waals surface area (Å²) in [6.45, 7) is 6.95. The van der Waals surface area contributed by atoms with E-state index in [1.807, 2.05) is 31.2 Å². The molecular formula is C32H37N3O11. The van der Waals surface area contributed by atoms with Gasteiger partial charge < -0.3 is 38.7 Å². The second kappa shape index (κ2) is 15.3. The monoisotopic (exact) mass is 639 g/mol. The van der Waals surface area contributed by atoms with Crippen LogP contribution in [0.4, 0.5) is 5.69 Å². The summed E-state index contributed by atoms with van der Waals surface area (Å²) < 4.78 is 27.8. The summed E-state index contributed by atoms with van der Waals surface area (Å²) in [5.74, 6) is -2.39. The van der Waals surface area contributed by atoms with Gasteiger partial charge >= 0.3 is 17.9 Å². The first-order valence-electron chi connectivity index (χ1n) is 14.7. The lowest BCUT2D eigenvalue weighted by Crippen LogP contribution is -2.66. The molecule has 2 aromatic carbocycles. The first-order chi connectivity index (χ1) is 21.9. The maximum Gasteiger partial charge on any atom is 0.303 e. The molecule has 0 saturated carbocycles. The fraction of sp³-hybridized carbons (Fsp3) is 0.438. The summed E-state index contributed by atoms with van der Waals surface area (Å²) in [5, 5.41) is 6.75. The zero-order valence-electron chi connectivity index (χ0n) is 26.2. The normalized spacial score (nSPS) is 22.9. The van der Waals surface area contributed by atoms with Crippen molar-refractivity contribution >= 4 is 41.1 Å². The lowest BCUT2D eigenvalue weighted by molar-refractivity contribution is -0.278. The van der Waals surface area contributed by atoms with Gasteiger partial charge in [0.25, 0.3) is 12.2 Å². The Bertz CT molecular complexity index is 1480. The van der Waals surface area contributed by atoms with Crippen LogP contribution in [0.1, 0.15) is 45.2 Å². The number of ether oxygens (including phenoxy) is 5. The smallest absolute Gasteiger partial charge is 0.303 e. The van der Waals surface area contributed by atoms with E-state index in [0.717, 1.165) is 25.2 Å². The van der Waals surface area contributed by atoms with Crippen LogP contribution in [0.3, 0.4) is 0 Å². The molecule has 1 fully saturated rings. The van der Waals surface area contributed by atoms with Gasteiger partial charge in [-0.3, -0.25) is 24.0 Å². The number of benzene rings is 2. The molecule has 0 unspecified atom stereocenters. The number of esters is 3. The highest BCUT2D eigenvalue weighted by Crippen LogP contribution is 2.31. The van der Waals surface area contributed by atoms with Gasteiger partial charge in [-0.1, -0.05) is 41.1 Å². The van der Waals surface area contributed by atoms with Crippen LogP contribution in [-0.2, 0) is 47.8 Å². The highest BCUT2D eigenvalue weighted by atomic mass is 16.8. The molecule has 0 bridgehead atoms. The Kier molecular flexibility index (Phi) is 11.3. The van der Waals surface area contributed by atoms with E-state index in [0.29, 0.717) is 30.8 Å². The van der Waals surface area contributed by atoms with Gasteiger partial charge in [0.15, 0.2) is 17.9 Å². The van der Waals surface area contributed by atoms with Crippen molar-refractivity contribution in [2.24, 2.45) is 5.16 Å². The number of amides is 2. The third-order valence-electron chi connectivity index (χ3n) is 7.03. The summed E-state index contributed by atoms with van der Waals surface area (Å²) >= 11 is 0. The van der Waals surface area contributed by atoms with E-state index >= 15 is 0 Å². The maximum absolute atomic E-state index is 13.6. The molecular weight excluding hydrogens is 602 g/mol. The summed E-state index contributed by atoms with van der Waals surface area (Å²) in [7, 11) is 0. The van der Waals surface area contributed by atoms with Crippen molar-refractivity contribution < 1.29 is 52.5 Å². The Hall–Kier alpha value is -4.98. The molecule has 2 aliphatic rings. The number of nitrogens with zero attached hydrogens (tertiary/aromatic N) is 2. The van der Waals surface area contributed by atoms with Gasteiger partial charge in [-0.15, -0.1) is 0 Å². The second-order valence-corrected chi connectivity index (χ2v) is 10.8. The standard InChI is InChI=1S/C32H37N3O11/c1-18-11-13-23(14-12-18)41-16-8-15-35-25-10-7-6-9-24(25)27(31(35)40)34-46-32-28(33-19(2)36)30(44-22(5)39)29(43-21(4)38)26(45-32)17-42-20(3)37/h6-7,9-14,26,28-30,32H,8,15-17H2,1-5H3,(H,33,36)/t26-,28-,29-,30-,32+/m1/s1. The van der Waals surface area contributed by atoms with E-state index < -0.39 is 67.0 Å². The quantitative estimate of drug-likeness (QED) is 0.156. The molecule has 46 heavy (non-hydrogen) atoms. The molecule has 1 N–H and O–H groups in total. The lowest BCUT2D eigenvalue weighted by Gasteiger charge is -2.43. The first-order valence-corrected chi connectivity index (χ1v) is 14.7. The van der Waals surface area contributed by atoms with E-state index in [9.17, 15) is 24.0 Å². The maximum atomic E-state index is 13.6. The van der Waals surface area contributed by atoms with E-state index in [1.54, 1.807) is 29.2 Å². The van der Waals surface area contributed by atoms with Crippen LogP contribution < -0.4 is 15.0 Å². The molecule has 2 heterocycles. The highest BCUT2D eigenvalue weighted by Gasteiger charge is 2.52. The molecule has 0 spiro atoms. The molecule has 0 aliphatic carbocycles. The number of nitrogens with one attached hydrogen (secondary N) is 1. The fourth-order valence-corrected chi connectivity index (χ4v) is 5.10. The van der Waals surface area contributed by atoms with E-state index in [-0.39, 0.29) is 5.71 Å². The number of carbonyl (C=O) groups excluding carboxylic acids is 5. The van der Waals surface area contributed by atoms with Gasteiger partial charge in [-0.25, -0.2) is 0 Å². The lowest BCUT2D eigenvalue weighted by atomic mass is 9.96. The number of para-hydroxylation sites is 1. The van der Waals surface area contributed by atoms with Gasteiger partial charge in [0.05, 0.1) is 12.3 Å². The van der Waals surface area contributed by atoms with Gasteiger partial charge in [0, 0.05) is 39.8 Å². The Morgan fingerprint density at radius 3 is 2.24 bits per heavy atom. The van der Waals surface area contributed by atoms with Gasteiger partial charge in [-0.2, -0.15) is 0 Å². The Labute approximate surface area is 265 Å². The first kappa shape index (κ1) is 33.9. The third kappa shape index (κ3) is 8.59. The average molecular weight is 640 g/mol. The molecule has 246 valence electrons. The summed E-state index contributed by atoms with van der Waals surface area (Å²) in [6.07, 6.45) is -4.76. The summed E-state index contributed by atoms with van der Waals surface area (Å²) in [6, 6.07) is 13.5. The van der Waals surface area contributed by atoms with Crippen LogP contribution in [0, 0.1) is 6.92 Å². The van der Waals surface area contributed by atoms with Crippen molar-refractivity contribution in [2.45, 2.75) is 71.7 Å². The van der Waals surface area contributed by atoms with Crippen LogP contribution in [0.15, 0.2) is 53.7 Å². The zero-order chi connectivity index (χ0) is 33.4. The van der Waals surface area contributed by atoms with Crippen molar-refractivity contribution in [3.8, 4) is 5.75 Å². The Balaban J connectivity index is 1.57. The number of hydrogen-bond donors (Lipinski definition) is 1. The number of rotatable bonds is 12. The predicted molar refractivity (Wildman–Crippen MR) is 162 cm³/mol. The van der Waals surface area contributed by atoms with Gasteiger partial charge in [-0.05, 0) is 31.5 Å². The van der Waals surface area contributed by atoms with E-state index in [2.05, 4.69) is 10.5 Å². The molecule has 0 aromatic heterocycles. The molecule has 5 atom stereocenters. The molecule has 0 radical (unpaired) electrons. The molecule has 14 heteroatoms. The number of anilines is 1. The third-order valence-corrected chi connectivity index (χ3v) is 7.03. The minimum absolute atomic E-state index is 0.0251. The van der Waals surface area contributed by atoms with Crippen LogP contribution in [0.2, 0.25) is 0 Å². The summed E-state index contributed by atoms with van der Waals surface area (Å²) in [4.78, 5) is 68.8. The minimum Gasteiger partial charge on any atom is -0.494 e.